The van der Waals surface area contributed by atoms with E-state index < -0.39 is 5.60 Å². The molecule has 3 N–H and O–H groups in total. The molecule has 0 aromatic carbocycles. The van der Waals surface area contributed by atoms with Crippen LogP contribution in [0.1, 0.15) is 33.3 Å². The summed E-state index contributed by atoms with van der Waals surface area (Å²) in [5.41, 5.74) is 5.61. The van der Waals surface area contributed by atoms with E-state index >= 15 is 0 Å². The zero-order valence-electron chi connectivity index (χ0n) is 10.7. The average molecular weight is 225 g/mol. The van der Waals surface area contributed by atoms with E-state index in [1.54, 1.807) is 6.20 Å². The number of hydrogen-bond acceptors (Lipinski definition) is 3. The maximum absolute atomic E-state index is 10.5. The Hall–Kier alpha value is -0.870. The SMILES string of the molecule is CCn1cc(CC(O)(CN)C(C)(C)C)cn1. The molecule has 0 fully saturated rings. The van der Waals surface area contributed by atoms with Gasteiger partial charge in [0.05, 0.1) is 11.8 Å². The van der Waals surface area contributed by atoms with Gasteiger partial charge in [0.2, 0.25) is 0 Å². The topological polar surface area (TPSA) is 64.1 Å². The molecule has 0 spiro atoms. The third-order valence-corrected chi connectivity index (χ3v) is 3.24. The van der Waals surface area contributed by atoms with Crippen molar-refractivity contribution in [2.24, 2.45) is 11.1 Å². The van der Waals surface area contributed by atoms with Crippen LogP contribution in [-0.4, -0.2) is 27.0 Å². The van der Waals surface area contributed by atoms with Crippen LogP contribution in [0, 0.1) is 5.41 Å². The van der Waals surface area contributed by atoms with Crippen molar-refractivity contribution in [3.8, 4) is 0 Å². The summed E-state index contributed by atoms with van der Waals surface area (Å²) in [5, 5.41) is 14.7. The molecule has 0 aliphatic rings. The Labute approximate surface area is 97.5 Å². The number of aromatic nitrogens is 2. The van der Waals surface area contributed by atoms with Gasteiger partial charge in [-0.05, 0) is 17.9 Å². The molecule has 0 amide bonds. The third kappa shape index (κ3) is 2.62. The normalized spacial score (nSPS) is 16.1. The molecule has 1 rings (SSSR count). The van der Waals surface area contributed by atoms with E-state index in [4.69, 9.17) is 5.73 Å². The number of nitrogens with zero attached hydrogens (tertiary/aromatic N) is 2. The average Bonchev–Trinajstić information content (AvgIpc) is 2.63. The molecule has 0 aliphatic carbocycles. The number of aliphatic hydroxyl groups is 1. The van der Waals surface area contributed by atoms with Crippen molar-refractivity contribution in [2.75, 3.05) is 6.54 Å². The first-order valence-electron chi connectivity index (χ1n) is 5.76. The maximum atomic E-state index is 10.5. The van der Waals surface area contributed by atoms with Crippen LogP contribution in [0.25, 0.3) is 0 Å². The predicted octanol–water partition coefficient (Wildman–Crippen LogP) is 1.18. The van der Waals surface area contributed by atoms with Crippen LogP contribution in [-0.2, 0) is 13.0 Å². The number of rotatable bonds is 4. The second-order valence-corrected chi connectivity index (χ2v) is 5.37. The molecule has 0 saturated carbocycles. The third-order valence-electron chi connectivity index (χ3n) is 3.24. The van der Waals surface area contributed by atoms with Gasteiger partial charge in [0, 0.05) is 25.7 Å². The van der Waals surface area contributed by atoms with Crippen LogP contribution in [0.4, 0.5) is 0 Å². The Balaban J connectivity index is 2.85. The lowest BCUT2D eigenvalue weighted by Gasteiger charge is -2.39. The van der Waals surface area contributed by atoms with E-state index in [0.29, 0.717) is 6.42 Å². The highest BCUT2D eigenvalue weighted by Gasteiger charge is 2.38. The second kappa shape index (κ2) is 4.55. The molecular weight excluding hydrogens is 202 g/mol. The monoisotopic (exact) mass is 225 g/mol. The smallest absolute Gasteiger partial charge is 0.0858 e. The van der Waals surface area contributed by atoms with E-state index in [1.165, 1.54) is 0 Å². The highest BCUT2D eigenvalue weighted by molar-refractivity contribution is 5.11. The summed E-state index contributed by atoms with van der Waals surface area (Å²) < 4.78 is 1.86. The molecule has 0 bridgehead atoms. The van der Waals surface area contributed by atoms with Gasteiger partial charge < -0.3 is 10.8 Å². The summed E-state index contributed by atoms with van der Waals surface area (Å²) in [7, 11) is 0. The Kier molecular flexibility index (Phi) is 3.76. The molecular formula is C12H23N3O. The van der Waals surface area contributed by atoms with Crippen LogP contribution < -0.4 is 5.73 Å². The standard InChI is InChI=1S/C12H23N3O/c1-5-15-8-10(7-14-15)6-12(16,9-13)11(2,3)4/h7-8,16H,5-6,9,13H2,1-4H3. The van der Waals surface area contributed by atoms with Crippen molar-refractivity contribution in [3.63, 3.8) is 0 Å². The zero-order valence-corrected chi connectivity index (χ0v) is 10.7. The van der Waals surface area contributed by atoms with Gasteiger partial charge in [-0.1, -0.05) is 20.8 Å². The highest BCUT2D eigenvalue weighted by atomic mass is 16.3. The lowest BCUT2D eigenvalue weighted by Crippen LogP contribution is -2.50. The molecule has 1 heterocycles. The molecule has 92 valence electrons. The van der Waals surface area contributed by atoms with E-state index in [-0.39, 0.29) is 12.0 Å². The molecule has 0 aliphatic heterocycles. The first kappa shape index (κ1) is 13.2. The minimum atomic E-state index is -0.880. The van der Waals surface area contributed by atoms with Gasteiger partial charge in [-0.3, -0.25) is 4.68 Å². The largest absolute Gasteiger partial charge is 0.388 e. The zero-order chi connectivity index (χ0) is 12.4. The molecule has 0 saturated heterocycles. The Morgan fingerprint density at radius 3 is 2.44 bits per heavy atom. The predicted molar refractivity (Wildman–Crippen MR) is 65.1 cm³/mol. The van der Waals surface area contributed by atoms with Gasteiger partial charge >= 0.3 is 0 Å². The van der Waals surface area contributed by atoms with E-state index in [1.807, 2.05) is 38.6 Å². The van der Waals surface area contributed by atoms with Crippen molar-refractivity contribution in [2.45, 2.75) is 46.3 Å². The van der Waals surface area contributed by atoms with Gasteiger partial charge in [0.1, 0.15) is 0 Å². The molecule has 16 heavy (non-hydrogen) atoms. The van der Waals surface area contributed by atoms with E-state index in [9.17, 15) is 5.11 Å². The molecule has 1 unspecified atom stereocenters. The van der Waals surface area contributed by atoms with Crippen LogP contribution in [0.3, 0.4) is 0 Å². The number of hydrogen-bond donors (Lipinski definition) is 2. The summed E-state index contributed by atoms with van der Waals surface area (Å²) in [6.45, 7) is 9.15. The fraction of sp³-hybridized carbons (Fsp3) is 0.750. The first-order chi connectivity index (χ1) is 7.32. The molecule has 4 heteroatoms. The molecule has 1 aromatic heterocycles. The summed E-state index contributed by atoms with van der Waals surface area (Å²) in [6.07, 6.45) is 4.31. The summed E-state index contributed by atoms with van der Waals surface area (Å²) in [5.74, 6) is 0. The first-order valence-corrected chi connectivity index (χ1v) is 5.76. The van der Waals surface area contributed by atoms with Crippen molar-refractivity contribution in [3.05, 3.63) is 18.0 Å². The molecule has 0 radical (unpaired) electrons. The fourth-order valence-electron chi connectivity index (χ4n) is 1.65. The van der Waals surface area contributed by atoms with Crippen LogP contribution in [0.5, 0.6) is 0 Å². The van der Waals surface area contributed by atoms with Crippen molar-refractivity contribution in [1.82, 2.24) is 9.78 Å². The van der Waals surface area contributed by atoms with E-state index in [2.05, 4.69) is 5.10 Å². The number of aryl methyl sites for hydroxylation is 1. The van der Waals surface area contributed by atoms with Crippen molar-refractivity contribution >= 4 is 0 Å². The van der Waals surface area contributed by atoms with Gasteiger partial charge in [0.25, 0.3) is 0 Å². The number of nitrogens with two attached hydrogens (primary N) is 1. The van der Waals surface area contributed by atoms with Crippen molar-refractivity contribution in [1.29, 1.82) is 0 Å². The lowest BCUT2D eigenvalue weighted by molar-refractivity contribution is -0.0490. The van der Waals surface area contributed by atoms with Gasteiger partial charge in [0.15, 0.2) is 0 Å². The Morgan fingerprint density at radius 2 is 2.06 bits per heavy atom. The molecule has 1 aromatic rings. The van der Waals surface area contributed by atoms with E-state index in [0.717, 1.165) is 12.1 Å². The van der Waals surface area contributed by atoms with Crippen LogP contribution in [0.15, 0.2) is 12.4 Å². The van der Waals surface area contributed by atoms with Gasteiger partial charge in [-0.25, -0.2) is 0 Å². The Bertz CT molecular complexity index is 340. The van der Waals surface area contributed by atoms with Crippen molar-refractivity contribution < 1.29 is 5.11 Å². The van der Waals surface area contributed by atoms with Gasteiger partial charge in [-0.2, -0.15) is 5.10 Å². The fourth-order valence-corrected chi connectivity index (χ4v) is 1.65. The van der Waals surface area contributed by atoms with Gasteiger partial charge in [-0.15, -0.1) is 0 Å². The lowest BCUT2D eigenvalue weighted by atomic mass is 9.73. The summed E-state index contributed by atoms with van der Waals surface area (Å²) >= 11 is 0. The minimum absolute atomic E-state index is 0.240. The summed E-state index contributed by atoms with van der Waals surface area (Å²) in [4.78, 5) is 0. The minimum Gasteiger partial charge on any atom is -0.388 e. The summed E-state index contributed by atoms with van der Waals surface area (Å²) in [6, 6.07) is 0. The molecule has 1 atom stereocenters. The van der Waals surface area contributed by atoms with Crippen LogP contribution >= 0.6 is 0 Å². The quantitative estimate of drug-likeness (QED) is 0.809. The van der Waals surface area contributed by atoms with Crippen LogP contribution in [0.2, 0.25) is 0 Å². The molecule has 4 nitrogen and oxygen atoms in total. The Morgan fingerprint density at radius 1 is 1.44 bits per heavy atom. The highest BCUT2D eigenvalue weighted by Crippen LogP contribution is 2.32. The maximum Gasteiger partial charge on any atom is 0.0858 e. The second-order valence-electron chi connectivity index (χ2n) is 5.37.